The number of carbonyl (C=O) groups excluding carboxylic acids is 2. The Morgan fingerprint density at radius 2 is 2.08 bits per heavy atom. The summed E-state index contributed by atoms with van der Waals surface area (Å²) in [6, 6.07) is 10.8. The Morgan fingerprint density at radius 3 is 2.84 bits per heavy atom. The van der Waals surface area contributed by atoms with Crippen molar-refractivity contribution in [2.75, 3.05) is 13.1 Å². The minimum atomic E-state index is -0.592. The largest absolute Gasteiger partial charge is 0.488 e. The molecule has 6 nitrogen and oxygen atoms in total. The second kappa shape index (κ2) is 7.34. The molecule has 25 heavy (non-hydrogen) atoms. The quantitative estimate of drug-likeness (QED) is 0.925. The van der Waals surface area contributed by atoms with E-state index < -0.39 is 5.91 Å². The summed E-state index contributed by atoms with van der Waals surface area (Å²) >= 11 is 0. The highest BCUT2D eigenvalue weighted by Gasteiger charge is 2.26. The number of hydrogen-bond acceptors (Lipinski definition) is 4. The topological polar surface area (TPSA) is 85.5 Å². The van der Waals surface area contributed by atoms with E-state index in [2.05, 4.69) is 4.98 Å². The molecule has 0 spiro atoms. The molecule has 1 aromatic heterocycles. The van der Waals surface area contributed by atoms with Crippen molar-refractivity contribution in [3.63, 3.8) is 0 Å². The van der Waals surface area contributed by atoms with Crippen molar-refractivity contribution in [3.8, 4) is 5.75 Å². The van der Waals surface area contributed by atoms with E-state index in [1.54, 1.807) is 6.07 Å². The van der Waals surface area contributed by atoms with Crippen LogP contribution < -0.4 is 10.5 Å². The third-order valence-corrected chi connectivity index (χ3v) is 4.33. The van der Waals surface area contributed by atoms with Gasteiger partial charge >= 0.3 is 0 Å². The molecule has 2 amide bonds. The zero-order valence-corrected chi connectivity index (χ0v) is 14.1. The molecule has 1 atom stereocenters. The molecule has 1 fully saturated rings. The Bertz CT molecular complexity index is 791. The van der Waals surface area contributed by atoms with Crippen LogP contribution in [0.4, 0.5) is 0 Å². The van der Waals surface area contributed by atoms with E-state index in [0.29, 0.717) is 12.3 Å². The van der Waals surface area contributed by atoms with Crippen molar-refractivity contribution >= 4 is 11.8 Å². The molecular formula is C19H21N3O3. The van der Waals surface area contributed by atoms with Crippen LogP contribution in [0.5, 0.6) is 5.75 Å². The summed E-state index contributed by atoms with van der Waals surface area (Å²) in [5, 5.41) is 0. The van der Waals surface area contributed by atoms with Crippen molar-refractivity contribution in [2.45, 2.75) is 25.9 Å². The molecule has 1 aliphatic heterocycles. The van der Waals surface area contributed by atoms with E-state index in [4.69, 9.17) is 10.5 Å². The molecule has 3 rings (SSSR count). The number of carbonyl (C=O) groups is 2. The van der Waals surface area contributed by atoms with E-state index >= 15 is 0 Å². The number of likely N-dealkylation sites (tertiary alicyclic amines) is 1. The van der Waals surface area contributed by atoms with Crippen molar-refractivity contribution in [3.05, 3.63) is 59.4 Å². The first-order valence-electron chi connectivity index (χ1n) is 8.32. The van der Waals surface area contributed by atoms with Gasteiger partial charge in [-0.3, -0.25) is 14.6 Å². The second-order valence-corrected chi connectivity index (χ2v) is 6.19. The monoisotopic (exact) mass is 339 g/mol. The van der Waals surface area contributed by atoms with Crippen LogP contribution in [0, 0.1) is 6.92 Å². The van der Waals surface area contributed by atoms with Gasteiger partial charge in [-0.2, -0.15) is 0 Å². The first-order valence-corrected chi connectivity index (χ1v) is 8.32. The molecule has 1 unspecified atom stereocenters. The standard InChI is InChI=1S/C19H21N3O3/c1-13-5-2-3-7-16(13)19(24)22-10-4-6-15(12-22)25-14-8-9-21-17(11-14)18(20)23/h2-3,5,7-9,11,15H,4,6,10,12H2,1H3,(H2,20,23). The van der Waals surface area contributed by atoms with E-state index in [0.717, 1.165) is 30.5 Å². The molecule has 130 valence electrons. The maximum atomic E-state index is 12.8. The Morgan fingerprint density at radius 1 is 1.28 bits per heavy atom. The minimum absolute atomic E-state index is 0.0268. The number of nitrogens with zero attached hydrogens (tertiary/aromatic N) is 2. The Kier molecular flexibility index (Phi) is 4.97. The van der Waals surface area contributed by atoms with Gasteiger partial charge in [0.15, 0.2) is 0 Å². The summed E-state index contributed by atoms with van der Waals surface area (Å²) < 4.78 is 5.95. The molecule has 1 aromatic carbocycles. The third-order valence-electron chi connectivity index (χ3n) is 4.33. The van der Waals surface area contributed by atoms with Crippen LogP contribution in [0.1, 0.15) is 39.3 Å². The fourth-order valence-corrected chi connectivity index (χ4v) is 3.01. The number of ether oxygens (including phenoxy) is 1. The van der Waals surface area contributed by atoms with Crippen LogP contribution in [-0.4, -0.2) is 40.9 Å². The van der Waals surface area contributed by atoms with Gasteiger partial charge in [0.05, 0.1) is 6.54 Å². The second-order valence-electron chi connectivity index (χ2n) is 6.19. The maximum Gasteiger partial charge on any atom is 0.267 e. The van der Waals surface area contributed by atoms with Crippen LogP contribution in [0.15, 0.2) is 42.6 Å². The molecular weight excluding hydrogens is 318 g/mol. The Hall–Kier alpha value is -2.89. The first kappa shape index (κ1) is 17.0. The van der Waals surface area contributed by atoms with Gasteiger partial charge in [0.25, 0.3) is 11.8 Å². The van der Waals surface area contributed by atoms with Crippen LogP contribution >= 0.6 is 0 Å². The highest BCUT2D eigenvalue weighted by atomic mass is 16.5. The summed E-state index contributed by atoms with van der Waals surface area (Å²) in [6.07, 6.45) is 3.10. The number of benzene rings is 1. The van der Waals surface area contributed by atoms with Gasteiger partial charge in [-0.05, 0) is 37.5 Å². The smallest absolute Gasteiger partial charge is 0.267 e. The number of aromatic nitrogens is 1. The summed E-state index contributed by atoms with van der Waals surface area (Å²) in [5.74, 6) is -0.0246. The molecule has 1 saturated heterocycles. The molecule has 6 heteroatoms. The Balaban J connectivity index is 1.69. The van der Waals surface area contributed by atoms with Gasteiger partial charge in [0.2, 0.25) is 0 Å². The van der Waals surface area contributed by atoms with Crippen LogP contribution in [-0.2, 0) is 0 Å². The fourth-order valence-electron chi connectivity index (χ4n) is 3.01. The normalized spacial score (nSPS) is 17.2. The predicted octanol–water partition coefficient (Wildman–Crippen LogP) is 2.17. The number of aryl methyl sites for hydroxylation is 1. The fraction of sp³-hybridized carbons (Fsp3) is 0.316. The van der Waals surface area contributed by atoms with Gasteiger partial charge in [-0.25, -0.2) is 0 Å². The van der Waals surface area contributed by atoms with Crippen molar-refractivity contribution < 1.29 is 14.3 Å². The summed E-state index contributed by atoms with van der Waals surface area (Å²) in [5.41, 5.74) is 7.11. The number of pyridine rings is 1. The number of piperidine rings is 1. The summed E-state index contributed by atoms with van der Waals surface area (Å²) in [6.45, 7) is 3.17. The lowest BCUT2D eigenvalue weighted by atomic mass is 10.0. The van der Waals surface area contributed by atoms with Crippen molar-refractivity contribution in [2.24, 2.45) is 5.73 Å². The van der Waals surface area contributed by atoms with Crippen LogP contribution in [0.25, 0.3) is 0 Å². The van der Waals surface area contributed by atoms with Gasteiger partial charge < -0.3 is 15.4 Å². The lowest BCUT2D eigenvalue weighted by Gasteiger charge is -2.33. The molecule has 0 saturated carbocycles. The number of amides is 2. The summed E-state index contributed by atoms with van der Waals surface area (Å²) in [4.78, 5) is 29.7. The molecule has 0 aliphatic carbocycles. The van der Waals surface area contributed by atoms with E-state index in [-0.39, 0.29) is 17.7 Å². The average molecular weight is 339 g/mol. The van der Waals surface area contributed by atoms with Crippen LogP contribution in [0.3, 0.4) is 0 Å². The van der Waals surface area contributed by atoms with Gasteiger partial charge in [-0.1, -0.05) is 18.2 Å². The minimum Gasteiger partial charge on any atom is -0.488 e. The third kappa shape index (κ3) is 3.96. The SMILES string of the molecule is Cc1ccccc1C(=O)N1CCCC(Oc2ccnc(C(N)=O)c2)C1. The van der Waals surface area contributed by atoms with Gasteiger partial charge in [0, 0.05) is 24.4 Å². The number of rotatable bonds is 4. The summed E-state index contributed by atoms with van der Waals surface area (Å²) in [7, 11) is 0. The van der Waals surface area contributed by atoms with Crippen LogP contribution in [0.2, 0.25) is 0 Å². The van der Waals surface area contributed by atoms with E-state index in [9.17, 15) is 9.59 Å². The predicted molar refractivity (Wildman–Crippen MR) is 93.5 cm³/mol. The lowest BCUT2D eigenvalue weighted by Crippen LogP contribution is -2.44. The number of nitrogens with two attached hydrogens (primary N) is 1. The Labute approximate surface area is 146 Å². The number of primary amides is 1. The van der Waals surface area contributed by atoms with E-state index in [1.807, 2.05) is 36.1 Å². The molecule has 2 heterocycles. The first-order chi connectivity index (χ1) is 12.0. The van der Waals surface area contributed by atoms with Crippen molar-refractivity contribution in [1.29, 1.82) is 0 Å². The molecule has 0 bridgehead atoms. The lowest BCUT2D eigenvalue weighted by molar-refractivity contribution is 0.0537. The van der Waals surface area contributed by atoms with E-state index in [1.165, 1.54) is 12.3 Å². The van der Waals surface area contributed by atoms with Gasteiger partial charge in [-0.15, -0.1) is 0 Å². The maximum absolute atomic E-state index is 12.8. The van der Waals surface area contributed by atoms with Crippen molar-refractivity contribution in [1.82, 2.24) is 9.88 Å². The highest BCUT2D eigenvalue weighted by Crippen LogP contribution is 2.21. The average Bonchev–Trinajstić information content (AvgIpc) is 2.62. The zero-order valence-electron chi connectivity index (χ0n) is 14.1. The van der Waals surface area contributed by atoms with Gasteiger partial charge in [0.1, 0.15) is 17.5 Å². The number of hydrogen-bond donors (Lipinski definition) is 1. The molecule has 1 aliphatic rings. The molecule has 2 N–H and O–H groups in total. The molecule has 0 radical (unpaired) electrons. The molecule has 2 aromatic rings. The highest BCUT2D eigenvalue weighted by molar-refractivity contribution is 5.95. The zero-order chi connectivity index (χ0) is 17.8.